The Bertz CT molecular complexity index is 1160. The molecule has 0 unspecified atom stereocenters. The molecule has 29 heavy (non-hydrogen) atoms. The fourth-order valence-corrected chi connectivity index (χ4v) is 3.97. The third-order valence-corrected chi connectivity index (χ3v) is 5.82. The second-order valence-corrected chi connectivity index (χ2v) is 8.12. The summed E-state index contributed by atoms with van der Waals surface area (Å²) in [6.45, 7) is 6.79. The largest absolute Gasteiger partial charge is 0.328 e. The van der Waals surface area contributed by atoms with Gasteiger partial charge in [0.05, 0.1) is 23.7 Å². The predicted octanol–water partition coefficient (Wildman–Crippen LogP) is 1.37. The summed E-state index contributed by atoms with van der Waals surface area (Å²) in [4.78, 5) is 11.8. The highest BCUT2D eigenvalue weighted by molar-refractivity contribution is 5.68. The van der Waals surface area contributed by atoms with E-state index in [2.05, 4.69) is 40.1 Å². The van der Waals surface area contributed by atoms with E-state index >= 15 is 0 Å². The van der Waals surface area contributed by atoms with Gasteiger partial charge in [0.25, 0.3) is 0 Å². The van der Waals surface area contributed by atoms with Gasteiger partial charge in [0.1, 0.15) is 17.0 Å². The molecule has 1 saturated heterocycles. The summed E-state index contributed by atoms with van der Waals surface area (Å²) in [6.07, 6.45) is 11.4. The van der Waals surface area contributed by atoms with E-state index < -0.39 is 0 Å². The van der Waals surface area contributed by atoms with Crippen molar-refractivity contribution in [3.8, 4) is 22.6 Å². The Morgan fingerprint density at radius 2 is 1.93 bits per heavy atom. The average Bonchev–Trinajstić information content (AvgIpc) is 3.40. The van der Waals surface area contributed by atoms with Crippen LogP contribution in [0, 0.1) is 0 Å². The van der Waals surface area contributed by atoms with Crippen LogP contribution in [0.3, 0.4) is 0 Å². The highest BCUT2D eigenvalue weighted by Crippen LogP contribution is 2.31. The molecule has 0 aromatic carbocycles. The molecule has 1 aliphatic heterocycles. The maximum atomic E-state index is 6.16. The minimum absolute atomic E-state index is 0.155. The zero-order chi connectivity index (χ0) is 20.2. The Kier molecular flexibility index (Phi) is 4.04. The van der Waals surface area contributed by atoms with Gasteiger partial charge < -0.3 is 5.73 Å². The SMILES string of the molecule is CC(C)N1CC(CN)(n2cc(-c3nc(-c4cnn(C)c4)cc4nccn34)cn2)C1. The van der Waals surface area contributed by atoms with Gasteiger partial charge in [-0.25, -0.2) is 9.97 Å². The van der Waals surface area contributed by atoms with Crippen molar-refractivity contribution in [2.45, 2.75) is 25.4 Å². The van der Waals surface area contributed by atoms with Crippen LogP contribution in [-0.2, 0) is 12.6 Å². The number of nitrogens with zero attached hydrogens (tertiary/aromatic N) is 8. The van der Waals surface area contributed by atoms with E-state index in [-0.39, 0.29) is 5.54 Å². The van der Waals surface area contributed by atoms with Crippen LogP contribution in [0.1, 0.15) is 13.8 Å². The zero-order valence-electron chi connectivity index (χ0n) is 16.9. The molecule has 0 radical (unpaired) electrons. The van der Waals surface area contributed by atoms with Gasteiger partial charge >= 0.3 is 0 Å². The summed E-state index contributed by atoms with van der Waals surface area (Å²) in [5, 5.41) is 8.93. The molecule has 1 fully saturated rings. The minimum atomic E-state index is -0.155. The standard InChI is InChI=1S/C20H25N9/c1-14(2)27-12-20(11-21,13-27)29-10-16(8-24-29)19-25-17(15-7-23-26(3)9-15)6-18-22-4-5-28(18)19/h4-10,14H,11-13,21H2,1-3H3. The van der Waals surface area contributed by atoms with E-state index in [0.29, 0.717) is 12.6 Å². The summed E-state index contributed by atoms with van der Waals surface area (Å²) >= 11 is 0. The van der Waals surface area contributed by atoms with Crippen molar-refractivity contribution < 1.29 is 0 Å². The number of rotatable bonds is 5. The van der Waals surface area contributed by atoms with Crippen LogP contribution >= 0.6 is 0 Å². The van der Waals surface area contributed by atoms with Crippen LogP contribution < -0.4 is 5.73 Å². The first-order valence-electron chi connectivity index (χ1n) is 9.82. The van der Waals surface area contributed by atoms with Crippen LogP contribution in [0.15, 0.2) is 43.2 Å². The molecule has 4 aromatic heterocycles. The molecule has 5 heterocycles. The van der Waals surface area contributed by atoms with Crippen molar-refractivity contribution in [1.29, 1.82) is 0 Å². The molecule has 0 bridgehead atoms. The number of aromatic nitrogens is 7. The molecular weight excluding hydrogens is 366 g/mol. The van der Waals surface area contributed by atoms with Gasteiger partial charge in [0, 0.05) is 69.1 Å². The molecule has 4 aromatic rings. The lowest BCUT2D eigenvalue weighted by Gasteiger charge is -2.51. The van der Waals surface area contributed by atoms with E-state index in [4.69, 9.17) is 10.7 Å². The summed E-state index contributed by atoms with van der Waals surface area (Å²) < 4.78 is 5.77. The lowest BCUT2D eigenvalue weighted by molar-refractivity contribution is -0.0131. The maximum Gasteiger partial charge on any atom is 0.149 e. The van der Waals surface area contributed by atoms with E-state index in [1.165, 1.54) is 0 Å². The van der Waals surface area contributed by atoms with E-state index in [9.17, 15) is 0 Å². The number of likely N-dealkylation sites (tertiary alicyclic amines) is 1. The van der Waals surface area contributed by atoms with Crippen LogP contribution in [0.25, 0.3) is 28.3 Å². The van der Waals surface area contributed by atoms with Crippen molar-refractivity contribution in [2.75, 3.05) is 19.6 Å². The summed E-state index contributed by atoms with van der Waals surface area (Å²) in [6, 6.07) is 2.48. The molecule has 5 rings (SSSR count). The lowest BCUT2D eigenvalue weighted by Crippen LogP contribution is -2.67. The molecule has 0 saturated carbocycles. The summed E-state index contributed by atoms with van der Waals surface area (Å²) in [5.41, 5.74) is 9.57. The van der Waals surface area contributed by atoms with Gasteiger partial charge in [-0.05, 0) is 13.8 Å². The molecule has 0 spiro atoms. The van der Waals surface area contributed by atoms with E-state index in [1.54, 1.807) is 10.9 Å². The molecule has 150 valence electrons. The van der Waals surface area contributed by atoms with Crippen LogP contribution in [0.4, 0.5) is 0 Å². The van der Waals surface area contributed by atoms with E-state index in [1.807, 2.05) is 47.0 Å². The fraction of sp³-hybridized carbons (Fsp3) is 0.400. The molecular formula is C20H25N9. The molecule has 9 nitrogen and oxygen atoms in total. The quantitative estimate of drug-likeness (QED) is 0.552. The van der Waals surface area contributed by atoms with Gasteiger partial charge in [0.15, 0.2) is 0 Å². The van der Waals surface area contributed by atoms with Gasteiger partial charge in [-0.3, -0.25) is 18.7 Å². The first kappa shape index (κ1) is 18.0. The number of fused-ring (bicyclic) bond motifs is 1. The monoisotopic (exact) mass is 391 g/mol. The number of hydrogen-bond donors (Lipinski definition) is 1. The predicted molar refractivity (Wildman–Crippen MR) is 110 cm³/mol. The first-order valence-corrected chi connectivity index (χ1v) is 9.82. The number of aryl methyl sites for hydroxylation is 1. The van der Waals surface area contributed by atoms with Crippen molar-refractivity contribution in [3.63, 3.8) is 0 Å². The van der Waals surface area contributed by atoms with Gasteiger partial charge in [0.2, 0.25) is 0 Å². The lowest BCUT2D eigenvalue weighted by atomic mass is 9.88. The molecule has 0 amide bonds. The Morgan fingerprint density at radius 3 is 2.62 bits per heavy atom. The number of imidazole rings is 1. The van der Waals surface area contributed by atoms with Gasteiger partial charge in [-0.2, -0.15) is 10.2 Å². The molecule has 0 atom stereocenters. The van der Waals surface area contributed by atoms with Gasteiger partial charge in [-0.1, -0.05) is 0 Å². The maximum absolute atomic E-state index is 6.16. The minimum Gasteiger partial charge on any atom is -0.328 e. The second-order valence-electron chi connectivity index (χ2n) is 8.12. The Labute approximate surface area is 168 Å². The molecule has 1 aliphatic rings. The molecule has 0 aliphatic carbocycles. The van der Waals surface area contributed by atoms with Crippen LogP contribution in [-0.4, -0.2) is 64.5 Å². The Balaban J connectivity index is 1.56. The Morgan fingerprint density at radius 1 is 1.14 bits per heavy atom. The first-order chi connectivity index (χ1) is 14.0. The highest BCUT2D eigenvalue weighted by atomic mass is 15.4. The Hall–Kier alpha value is -3.04. The zero-order valence-corrected chi connectivity index (χ0v) is 16.9. The van der Waals surface area contributed by atoms with E-state index in [0.717, 1.165) is 41.4 Å². The smallest absolute Gasteiger partial charge is 0.149 e. The van der Waals surface area contributed by atoms with Crippen molar-refractivity contribution >= 4 is 5.65 Å². The summed E-state index contributed by atoms with van der Waals surface area (Å²) in [5.74, 6) is 0.803. The van der Waals surface area contributed by atoms with Crippen molar-refractivity contribution in [1.82, 2.24) is 38.8 Å². The highest BCUT2D eigenvalue weighted by Gasteiger charge is 2.45. The number of hydrogen-bond acceptors (Lipinski definition) is 6. The summed E-state index contributed by atoms with van der Waals surface area (Å²) in [7, 11) is 1.90. The normalized spacial score (nSPS) is 16.6. The van der Waals surface area contributed by atoms with Crippen LogP contribution in [0.2, 0.25) is 0 Å². The molecule has 9 heteroatoms. The second kappa shape index (κ2) is 6.50. The molecule has 2 N–H and O–H groups in total. The third kappa shape index (κ3) is 2.85. The van der Waals surface area contributed by atoms with Crippen molar-refractivity contribution in [3.05, 3.63) is 43.2 Å². The topological polar surface area (TPSA) is 95.1 Å². The average molecular weight is 391 g/mol. The fourth-order valence-electron chi connectivity index (χ4n) is 3.97. The van der Waals surface area contributed by atoms with Crippen molar-refractivity contribution in [2.24, 2.45) is 12.8 Å². The number of nitrogens with two attached hydrogens (primary N) is 1. The van der Waals surface area contributed by atoms with Gasteiger partial charge in [-0.15, -0.1) is 0 Å². The van der Waals surface area contributed by atoms with Crippen LogP contribution in [0.5, 0.6) is 0 Å². The third-order valence-electron chi connectivity index (χ3n) is 5.82.